The second-order valence-corrected chi connectivity index (χ2v) is 6.41. The highest BCUT2D eigenvalue weighted by atomic mass is 19.4. The van der Waals surface area contributed by atoms with Crippen LogP contribution in [0.4, 0.5) is 28.9 Å². The molecule has 0 saturated heterocycles. The quantitative estimate of drug-likeness (QED) is 0.253. The van der Waals surface area contributed by atoms with Crippen molar-refractivity contribution in [2.75, 3.05) is 58.2 Å². The van der Waals surface area contributed by atoms with Crippen molar-refractivity contribution in [3.05, 3.63) is 59.7 Å². The minimum atomic E-state index is -4.47. The van der Waals surface area contributed by atoms with E-state index in [1.807, 2.05) is 0 Å². The third-order valence-electron chi connectivity index (χ3n) is 4.04. The standard InChI is InChI=1S/C22H25F4NO5/c23-8-9-29-10-11-30-12-13-31-14-15-32-21(28)19-6-1-2-7-20(19)27-18-5-3-4-17(16-18)22(24,25)26/h1-7,16,27H,8-15H2. The maximum atomic E-state index is 12.9. The molecule has 0 fully saturated rings. The zero-order valence-electron chi connectivity index (χ0n) is 17.3. The molecule has 6 nitrogen and oxygen atoms in total. The van der Waals surface area contributed by atoms with Crippen LogP contribution in [0.25, 0.3) is 0 Å². The molecule has 176 valence electrons. The fourth-order valence-electron chi connectivity index (χ4n) is 2.57. The van der Waals surface area contributed by atoms with E-state index >= 15 is 0 Å². The van der Waals surface area contributed by atoms with Crippen LogP contribution in [-0.2, 0) is 25.1 Å². The molecule has 0 bridgehead atoms. The van der Waals surface area contributed by atoms with Crippen molar-refractivity contribution in [3.8, 4) is 0 Å². The molecule has 0 radical (unpaired) electrons. The number of para-hydroxylation sites is 1. The Labute approximate surface area is 183 Å². The van der Waals surface area contributed by atoms with Gasteiger partial charge in [-0.3, -0.25) is 0 Å². The van der Waals surface area contributed by atoms with Crippen LogP contribution in [0.5, 0.6) is 0 Å². The van der Waals surface area contributed by atoms with Gasteiger partial charge in [0, 0.05) is 5.69 Å². The normalized spacial score (nSPS) is 11.4. The molecule has 32 heavy (non-hydrogen) atoms. The van der Waals surface area contributed by atoms with E-state index in [0.29, 0.717) is 25.5 Å². The van der Waals surface area contributed by atoms with Crippen molar-refractivity contribution in [1.82, 2.24) is 0 Å². The summed E-state index contributed by atoms with van der Waals surface area (Å²) < 4.78 is 71.1. The van der Waals surface area contributed by atoms with E-state index in [-0.39, 0.29) is 37.7 Å². The first-order valence-electron chi connectivity index (χ1n) is 9.91. The molecule has 0 aliphatic carbocycles. The van der Waals surface area contributed by atoms with Crippen LogP contribution in [-0.4, -0.2) is 58.9 Å². The summed E-state index contributed by atoms with van der Waals surface area (Å²) in [6, 6.07) is 11.0. The molecule has 1 N–H and O–H groups in total. The third kappa shape index (κ3) is 9.21. The summed E-state index contributed by atoms with van der Waals surface area (Å²) in [6.45, 7) is 0.888. The fraction of sp³-hybridized carbons (Fsp3) is 0.409. The number of hydrogen-bond acceptors (Lipinski definition) is 6. The highest BCUT2D eigenvalue weighted by Crippen LogP contribution is 2.31. The van der Waals surface area contributed by atoms with Crippen molar-refractivity contribution in [2.45, 2.75) is 6.18 Å². The SMILES string of the molecule is O=C(OCCOCCOCCOCCF)c1ccccc1Nc1cccc(C(F)(F)F)c1. The van der Waals surface area contributed by atoms with Gasteiger partial charge in [0.1, 0.15) is 13.3 Å². The lowest BCUT2D eigenvalue weighted by Gasteiger charge is -2.13. The molecular formula is C22H25F4NO5. The van der Waals surface area contributed by atoms with E-state index in [4.69, 9.17) is 18.9 Å². The first kappa shape index (κ1) is 25.6. The van der Waals surface area contributed by atoms with E-state index in [9.17, 15) is 22.4 Å². The Morgan fingerprint density at radius 2 is 1.44 bits per heavy atom. The molecule has 0 spiro atoms. The minimum absolute atomic E-state index is 0.00363. The van der Waals surface area contributed by atoms with E-state index in [1.54, 1.807) is 18.2 Å². The summed E-state index contributed by atoms with van der Waals surface area (Å²) in [5, 5.41) is 2.83. The number of carbonyl (C=O) groups is 1. The van der Waals surface area contributed by atoms with Gasteiger partial charge in [0.2, 0.25) is 0 Å². The van der Waals surface area contributed by atoms with Gasteiger partial charge in [-0.05, 0) is 30.3 Å². The third-order valence-corrected chi connectivity index (χ3v) is 4.04. The lowest BCUT2D eigenvalue weighted by Crippen LogP contribution is -2.15. The molecule has 0 atom stereocenters. The zero-order valence-corrected chi connectivity index (χ0v) is 17.3. The molecular weight excluding hydrogens is 434 g/mol. The molecule has 2 rings (SSSR count). The number of alkyl halides is 4. The number of anilines is 2. The number of ether oxygens (including phenoxy) is 4. The van der Waals surface area contributed by atoms with E-state index in [0.717, 1.165) is 12.1 Å². The molecule has 0 unspecified atom stereocenters. The highest BCUT2D eigenvalue weighted by molar-refractivity contribution is 5.96. The number of esters is 1. The smallest absolute Gasteiger partial charge is 0.416 e. The van der Waals surface area contributed by atoms with Gasteiger partial charge in [0.05, 0.1) is 56.5 Å². The van der Waals surface area contributed by atoms with Gasteiger partial charge in [-0.1, -0.05) is 18.2 Å². The number of carbonyl (C=O) groups excluding carboxylic acids is 1. The Balaban J connectivity index is 1.76. The topological polar surface area (TPSA) is 66.0 Å². The highest BCUT2D eigenvalue weighted by Gasteiger charge is 2.30. The monoisotopic (exact) mass is 459 g/mol. The summed E-state index contributed by atoms with van der Waals surface area (Å²) in [4.78, 5) is 12.4. The summed E-state index contributed by atoms with van der Waals surface area (Å²) in [6.07, 6.45) is -4.47. The maximum Gasteiger partial charge on any atom is 0.416 e. The Morgan fingerprint density at radius 3 is 2.09 bits per heavy atom. The molecule has 0 aliphatic heterocycles. The first-order valence-corrected chi connectivity index (χ1v) is 9.91. The van der Waals surface area contributed by atoms with Crippen LogP contribution in [0.1, 0.15) is 15.9 Å². The van der Waals surface area contributed by atoms with Crippen molar-refractivity contribution in [1.29, 1.82) is 0 Å². The van der Waals surface area contributed by atoms with Crippen LogP contribution < -0.4 is 5.32 Å². The number of halogens is 4. The number of hydrogen-bond donors (Lipinski definition) is 1. The van der Waals surface area contributed by atoms with Crippen LogP contribution in [0, 0.1) is 0 Å². The molecule has 10 heteroatoms. The van der Waals surface area contributed by atoms with Gasteiger partial charge < -0.3 is 24.3 Å². The zero-order chi connectivity index (χ0) is 23.2. The first-order chi connectivity index (χ1) is 15.4. The summed E-state index contributed by atoms with van der Waals surface area (Å²) in [5.41, 5.74) is -0.0999. The van der Waals surface area contributed by atoms with E-state index < -0.39 is 24.4 Å². The summed E-state index contributed by atoms with van der Waals surface area (Å²) in [5.74, 6) is -0.634. The molecule has 0 aromatic heterocycles. The number of benzene rings is 2. The maximum absolute atomic E-state index is 12.9. The van der Waals surface area contributed by atoms with Gasteiger partial charge in [0.15, 0.2) is 0 Å². The van der Waals surface area contributed by atoms with Gasteiger partial charge in [-0.15, -0.1) is 0 Å². The van der Waals surface area contributed by atoms with E-state index in [1.165, 1.54) is 18.2 Å². The fourth-order valence-corrected chi connectivity index (χ4v) is 2.57. The molecule has 0 saturated carbocycles. The van der Waals surface area contributed by atoms with Gasteiger partial charge >= 0.3 is 12.1 Å². The van der Waals surface area contributed by atoms with Crippen LogP contribution in [0.2, 0.25) is 0 Å². The van der Waals surface area contributed by atoms with Crippen LogP contribution in [0.3, 0.4) is 0 Å². The average molecular weight is 459 g/mol. The van der Waals surface area contributed by atoms with Crippen LogP contribution >= 0.6 is 0 Å². The molecule has 0 heterocycles. The predicted molar refractivity (Wildman–Crippen MR) is 110 cm³/mol. The van der Waals surface area contributed by atoms with Gasteiger partial charge in [0.25, 0.3) is 0 Å². The second kappa shape index (κ2) is 13.7. The molecule has 2 aromatic rings. The Bertz CT molecular complexity index is 832. The minimum Gasteiger partial charge on any atom is -0.460 e. The predicted octanol–water partition coefficient (Wildman–Crippen LogP) is 4.63. The Kier molecular flexibility index (Phi) is 10.9. The Hall–Kier alpha value is -2.69. The largest absolute Gasteiger partial charge is 0.460 e. The lowest BCUT2D eigenvalue weighted by atomic mass is 10.1. The van der Waals surface area contributed by atoms with Gasteiger partial charge in [-0.2, -0.15) is 13.2 Å². The molecule has 0 amide bonds. The summed E-state index contributed by atoms with van der Waals surface area (Å²) in [7, 11) is 0. The number of rotatable bonds is 14. The van der Waals surface area contributed by atoms with E-state index in [2.05, 4.69) is 5.32 Å². The lowest BCUT2D eigenvalue weighted by molar-refractivity contribution is -0.137. The van der Waals surface area contributed by atoms with Crippen molar-refractivity contribution < 1.29 is 41.3 Å². The van der Waals surface area contributed by atoms with Crippen molar-refractivity contribution in [2.24, 2.45) is 0 Å². The van der Waals surface area contributed by atoms with Crippen LogP contribution in [0.15, 0.2) is 48.5 Å². The second-order valence-electron chi connectivity index (χ2n) is 6.41. The summed E-state index contributed by atoms with van der Waals surface area (Å²) >= 11 is 0. The Morgan fingerprint density at radius 1 is 0.812 bits per heavy atom. The van der Waals surface area contributed by atoms with Gasteiger partial charge in [-0.25, -0.2) is 9.18 Å². The molecule has 2 aromatic carbocycles. The average Bonchev–Trinajstić information content (AvgIpc) is 2.77. The van der Waals surface area contributed by atoms with Crippen molar-refractivity contribution in [3.63, 3.8) is 0 Å². The number of nitrogens with one attached hydrogen (secondary N) is 1. The van der Waals surface area contributed by atoms with Crippen molar-refractivity contribution >= 4 is 17.3 Å². The molecule has 0 aliphatic rings.